The molecule has 0 bridgehead atoms. The lowest BCUT2D eigenvalue weighted by Gasteiger charge is -2.33. The molecule has 3 nitrogen and oxygen atoms in total. The summed E-state index contributed by atoms with van der Waals surface area (Å²) < 4.78 is 0. The van der Waals surface area contributed by atoms with Gasteiger partial charge in [-0.05, 0) is 63.4 Å². The van der Waals surface area contributed by atoms with Crippen molar-refractivity contribution in [2.24, 2.45) is 0 Å². The summed E-state index contributed by atoms with van der Waals surface area (Å²) in [4.78, 5) is 7.22. The molecule has 110 valence electrons. The van der Waals surface area contributed by atoms with Crippen molar-refractivity contribution >= 4 is 0 Å². The molecule has 1 N–H and O–H groups in total. The Hall–Kier alpha value is -0.930. The van der Waals surface area contributed by atoms with Crippen molar-refractivity contribution < 1.29 is 0 Å². The van der Waals surface area contributed by atoms with Crippen molar-refractivity contribution in [1.29, 1.82) is 0 Å². The Bertz CT molecular complexity index is 424. The number of aryl methyl sites for hydroxylation is 1. The van der Waals surface area contributed by atoms with Crippen LogP contribution in [0, 0.1) is 0 Å². The lowest BCUT2D eigenvalue weighted by atomic mass is 10.0. The van der Waals surface area contributed by atoms with Crippen LogP contribution in [0.2, 0.25) is 0 Å². The summed E-state index contributed by atoms with van der Waals surface area (Å²) in [6.07, 6.45) is 9.59. The highest BCUT2D eigenvalue weighted by atomic mass is 15.1. The van der Waals surface area contributed by atoms with Crippen LogP contribution in [0.25, 0.3) is 0 Å². The van der Waals surface area contributed by atoms with Crippen molar-refractivity contribution in [2.45, 2.75) is 57.5 Å². The Labute approximate surface area is 122 Å². The number of hydrogen-bond acceptors (Lipinski definition) is 3. The molecular weight excluding hydrogens is 246 g/mol. The van der Waals surface area contributed by atoms with Crippen molar-refractivity contribution in [1.82, 2.24) is 15.2 Å². The van der Waals surface area contributed by atoms with Gasteiger partial charge in [0.05, 0.1) is 11.7 Å². The molecule has 3 heteroatoms. The van der Waals surface area contributed by atoms with Crippen LogP contribution in [0.4, 0.5) is 0 Å². The molecule has 1 aromatic heterocycles. The largest absolute Gasteiger partial charge is 0.306 e. The topological polar surface area (TPSA) is 28.2 Å². The van der Waals surface area contributed by atoms with Crippen LogP contribution in [-0.4, -0.2) is 35.6 Å². The number of rotatable bonds is 5. The molecule has 0 amide bonds. The van der Waals surface area contributed by atoms with Gasteiger partial charge in [0.2, 0.25) is 0 Å². The summed E-state index contributed by atoms with van der Waals surface area (Å²) in [6.45, 7) is 6.09. The number of aromatic nitrogens is 1. The van der Waals surface area contributed by atoms with E-state index in [-0.39, 0.29) is 0 Å². The molecule has 1 fully saturated rings. The average molecular weight is 273 g/mol. The fraction of sp³-hybridized carbons (Fsp3) is 0.706. The minimum absolute atomic E-state index is 0.499. The zero-order chi connectivity index (χ0) is 13.8. The fourth-order valence-electron chi connectivity index (χ4n) is 3.56. The molecule has 1 aromatic rings. The van der Waals surface area contributed by atoms with E-state index in [4.69, 9.17) is 0 Å². The van der Waals surface area contributed by atoms with E-state index >= 15 is 0 Å². The van der Waals surface area contributed by atoms with Gasteiger partial charge in [0.25, 0.3) is 0 Å². The Morgan fingerprint density at radius 2 is 2.15 bits per heavy atom. The maximum Gasteiger partial charge on any atom is 0.0605 e. The number of piperidine rings is 1. The summed E-state index contributed by atoms with van der Waals surface area (Å²) in [5, 5.41) is 3.86. The molecule has 0 saturated carbocycles. The van der Waals surface area contributed by atoms with Crippen LogP contribution in [0.1, 0.15) is 56.3 Å². The summed E-state index contributed by atoms with van der Waals surface area (Å²) in [7, 11) is 0. The van der Waals surface area contributed by atoms with Gasteiger partial charge in [-0.15, -0.1) is 0 Å². The van der Waals surface area contributed by atoms with Crippen molar-refractivity contribution in [2.75, 3.05) is 19.6 Å². The quantitative estimate of drug-likeness (QED) is 0.894. The first-order chi connectivity index (χ1) is 9.86. The maximum atomic E-state index is 4.59. The number of fused-ring (bicyclic) bond motifs is 1. The number of pyridine rings is 1. The third-order valence-corrected chi connectivity index (χ3v) is 4.81. The Morgan fingerprint density at radius 1 is 1.30 bits per heavy atom. The summed E-state index contributed by atoms with van der Waals surface area (Å²) in [5.41, 5.74) is 2.76. The number of likely N-dealkylation sites (tertiary alicyclic amines) is 1. The third-order valence-electron chi connectivity index (χ3n) is 4.81. The van der Waals surface area contributed by atoms with E-state index < -0.39 is 0 Å². The van der Waals surface area contributed by atoms with E-state index in [1.54, 1.807) is 0 Å². The predicted molar refractivity (Wildman–Crippen MR) is 82.8 cm³/mol. The Kier molecular flexibility index (Phi) is 4.69. The molecule has 2 aliphatic rings. The lowest BCUT2D eigenvalue weighted by molar-refractivity contribution is 0.188. The number of unbranched alkanes of at least 4 members (excludes halogenated alkanes) is 1. The van der Waals surface area contributed by atoms with Crippen molar-refractivity contribution in [3.63, 3.8) is 0 Å². The monoisotopic (exact) mass is 273 g/mol. The van der Waals surface area contributed by atoms with E-state index in [1.165, 1.54) is 69.4 Å². The zero-order valence-electron chi connectivity index (χ0n) is 12.6. The minimum atomic E-state index is 0.499. The van der Waals surface area contributed by atoms with E-state index in [1.807, 2.05) is 6.20 Å². The summed E-state index contributed by atoms with van der Waals surface area (Å²) >= 11 is 0. The van der Waals surface area contributed by atoms with Gasteiger partial charge in [0.1, 0.15) is 0 Å². The first kappa shape index (κ1) is 14.0. The standard InChI is InChI=1S/C17H27N3/c1-2-3-11-20-12-8-15(9-13-20)19-16-7-6-14-5-4-10-18-17(14)16/h4-5,10,15-16,19H,2-3,6-9,11-13H2,1H3. The van der Waals surface area contributed by atoms with Gasteiger partial charge >= 0.3 is 0 Å². The van der Waals surface area contributed by atoms with Gasteiger partial charge in [-0.1, -0.05) is 19.4 Å². The van der Waals surface area contributed by atoms with Crippen molar-refractivity contribution in [3.05, 3.63) is 29.6 Å². The molecule has 1 unspecified atom stereocenters. The van der Waals surface area contributed by atoms with Crippen LogP contribution in [-0.2, 0) is 6.42 Å². The zero-order valence-corrected chi connectivity index (χ0v) is 12.6. The molecule has 1 atom stereocenters. The van der Waals surface area contributed by atoms with E-state index in [2.05, 4.69) is 34.3 Å². The molecule has 1 saturated heterocycles. The summed E-state index contributed by atoms with van der Waals surface area (Å²) in [5.74, 6) is 0. The van der Waals surface area contributed by atoms with Crippen LogP contribution in [0.5, 0.6) is 0 Å². The smallest absolute Gasteiger partial charge is 0.0605 e. The van der Waals surface area contributed by atoms with Gasteiger partial charge < -0.3 is 10.2 Å². The van der Waals surface area contributed by atoms with Crippen LogP contribution in [0.15, 0.2) is 18.3 Å². The highest BCUT2D eigenvalue weighted by molar-refractivity contribution is 5.28. The molecular formula is C17H27N3. The van der Waals surface area contributed by atoms with Crippen molar-refractivity contribution in [3.8, 4) is 0 Å². The highest BCUT2D eigenvalue weighted by Crippen LogP contribution is 2.30. The first-order valence-electron chi connectivity index (χ1n) is 8.29. The molecule has 3 rings (SSSR count). The fourth-order valence-corrected chi connectivity index (χ4v) is 3.56. The average Bonchev–Trinajstić information content (AvgIpc) is 2.90. The minimum Gasteiger partial charge on any atom is -0.306 e. The second-order valence-electron chi connectivity index (χ2n) is 6.28. The Morgan fingerprint density at radius 3 is 2.95 bits per heavy atom. The second-order valence-corrected chi connectivity index (χ2v) is 6.28. The molecule has 0 radical (unpaired) electrons. The van der Waals surface area contributed by atoms with E-state index in [9.17, 15) is 0 Å². The molecule has 1 aliphatic carbocycles. The predicted octanol–water partition coefficient (Wildman–Crippen LogP) is 2.92. The van der Waals surface area contributed by atoms with Gasteiger partial charge in [0, 0.05) is 12.2 Å². The second kappa shape index (κ2) is 6.68. The lowest BCUT2D eigenvalue weighted by Crippen LogP contribution is -2.43. The maximum absolute atomic E-state index is 4.59. The van der Waals surface area contributed by atoms with E-state index in [0.717, 1.165) is 0 Å². The number of hydrogen-bond donors (Lipinski definition) is 1. The highest BCUT2D eigenvalue weighted by Gasteiger charge is 2.27. The molecule has 1 aliphatic heterocycles. The number of nitrogens with one attached hydrogen (secondary N) is 1. The van der Waals surface area contributed by atoms with Crippen LogP contribution in [0.3, 0.4) is 0 Å². The third kappa shape index (κ3) is 3.21. The Balaban J connectivity index is 1.49. The molecule has 2 heterocycles. The summed E-state index contributed by atoms with van der Waals surface area (Å²) in [6, 6.07) is 5.48. The van der Waals surface area contributed by atoms with Gasteiger partial charge in [0.15, 0.2) is 0 Å². The molecule has 0 aromatic carbocycles. The number of nitrogens with zero attached hydrogens (tertiary/aromatic N) is 2. The normalized spacial score (nSPS) is 23.9. The first-order valence-corrected chi connectivity index (χ1v) is 8.29. The van der Waals surface area contributed by atoms with Crippen LogP contribution >= 0.6 is 0 Å². The molecule has 20 heavy (non-hydrogen) atoms. The van der Waals surface area contributed by atoms with Gasteiger partial charge in [-0.25, -0.2) is 0 Å². The van der Waals surface area contributed by atoms with Gasteiger partial charge in [-0.3, -0.25) is 4.98 Å². The van der Waals surface area contributed by atoms with E-state index in [0.29, 0.717) is 12.1 Å². The van der Waals surface area contributed by atoms with Gasteiger partial charge in [-0.2, -0.15) is 0 Å². The SMILES string of the molecule is CCCCN1CCC(NC2CCc3cccnc32)CC1. The van der Waals surface area contributed by atoms with Crippen LogP contribution < -0.4 is 5.32 Å². The molecule has 0 spiro atoms.